The summed E-state index contributed by atoms with van der Waals surface area (Å²) in [4.78, 5) is 11.4. The van der Waals surface area contributed by atoms with Gasteiger partial charge in [0.2, 0.25) is 10.0 Å². The molecule has 1 unspecified atom stereocenters. The molecule has 3 rings (SSSR count). The fourth-order valence-corrected chi connectivity index (χ4v) is 4.60. The van der Waals surface area contributed by atoms with Gasteiger partial charge in [0.25, 0.3) is 0 Å². The maximum Gasteiger partial charge on any atom is 0.337 e. The van der Waals surface area contributed by atoms with Gasteiger partial charge >= 0.3 is 5.97 Å². The molecule has 0 amide bonds. The summed E-state index contributed by atoms with van der Waals surface area (Å²) >= 11 is 6.07. The number of carbonyl (C=O) groups is 1. The molecule has 1 aliphatic heterocycles. The molecule has 9 heteroatoms. The van der Waals surface area contributed by atoms with Crippen LogP contribution in [0.5, 0.6) is 0 Å². The molecule has 0 saturated carbocycles. The molecule has 2 aromatic rings. The van der Waals surface area contributed by atoms with Gasteiger partial charge in [-0.25, -0.2) is 17.9 Å². The first-order chi connectivity index (χ1) is 12.4. The van der Waals surface area contributed by atoms with Crippen LogP contribution in [0.3, 0.4) is 0 Å². The normalized spacial score (nSPS) is 16.1. The number of benzene rings is 2. The van der Waals surface area contributed by atoms with E-state index < -0.39 is 16.0 Å². The molecule has 1 atom stereocenters. The monoisotopic (exact) mass is 430 g/mol. The number of halogens is 2. The molecule has 2 aromatic carbocycles. The zero-order chi connectivity index (χ0) is 18.7. The molecule has 0 aromatic heterocycles. The molecule has 6 nitrogen and oxygen atoms in total. The van der Waals surface area contributed by atoms with Gasteiger partial charge in [-0.15, -0.1) is 12.4 Å². The van der Waals surface area contributed by atoms with Gasteiger partial charge in [0, 0.05) is 12.6 Å². The van der Waals surface area contributed by atoms with Crippen LogP contribution in [0.15, 0.2) is 47.4 Å². The van der Waals surface area contributed by atoms with Crippen LogP contribution < -0.4 is 10.0 Å². The predicted molar refractivity (Wildman–Crippen MR) is 106 cm³/mol. The first-order valence-electron chi connectivity index (χ1n) is 8.11. The van der Waals surface area contributed by atoms with Crippen molar-refractivity contribution in [1.29, 1.82) is 0 Å². The Kier molecular flexibility index (Phi) is 7.25. The maximum absolute atomic E-state index is 12.6. The van der Waals surface area contributed by atoms with E-state index in [2.05, 4.69) is 20.8 Å². The minimum absolute atomic E-state index is 0. The van der Waals surface area contributed by atoms with Crippen molar-refractivity contribution in [1.82, 2.24) is 10.0 Å². The highest BCUT2D eigenvalue weighted by Gasteiger charge is 2.24. The van der Waals surface area contributed by atoms with Gasteiger partial charge in [0.05, 0.1) is 17.7 Å². The zero-order valence-electron chi connectivity index (χ0n) is 14.6. The Balaban J connectivity index is 0.00000261. The molecular formula is C18H20Cl2N2O4S. The van der Waals surface area contributed by atoms with Crippen molar-refractivity contribution < 1.29 is 17.9 Å². The van der Waals surface area contributed by atoms with Crippen molar-refractivity contribution in [2.45, 2.75) is 17.4 Å². The van der Waals surface area contributed by atoms with E-state index in [1.165, 1.54) is 30.9 Å². The number of ether oxygens (including phenoxy) is 1. The summed E-state index contributed by atoms with van der Waals surface area (Å²) in [7, 11) is -2.57. The third kappa shape index (κ3) is 4.80. The third-order valence-electron chi connectivity index (χ3n) is 4.34. The van der Waals surface area contributed by atoms with Crippen LogP contribution in [0.4, 0.5) is 0 Å². The molecule has 2 N–H and O–H groups in total. The SMILES string of the molecule is COC(=O)c1ccc(S(=O)(=O)NCC2NCCc3ccccc32)c(Cl)c1.Cl. The van der Waals surface area contributed by atoms with Gasteiger partial charge in [0.1, 0.15) is 4.90 Å². The van der Waals surface area contributed by atoms with Gasteiger partial charge in [0.15, 0.2) is 0 Å². The molecule has 0 bridgehead atoms. The molecule has 27 heavy (non-hydrogen) atoms. The van der Waals surface area contributed by atoms with E-state index in [4.69, 9.17) is 11.6 Å². The number of fused-ring (bicyclic) bond motifs is 1. The first-order valence-corrected chi connectivity index (χ1v) is 9.97. The highest BCUT2D eigenvalue weighted by Crippen LogP contribution is 2.25. The van der Waals surface area contributed by atoms with Crippen molar-refractivity contribution in [3.05, 3.63) is 64.2 Å². The maximum atomic E-state index is 12.6. The highest BCUT2D eigenvalue weighted by molar-refractivity contribution is 7.89. The van der Waals surface area contributed by atoms with Crippen LogP contribution >= 0.6 is 24.0 Å². The summed E-state index contributed by atoms with van der Waals surface area (Å²) < 4.78 is 32.4. The van der Waals surface area contributed by atoms with Crippen molar-refractivity contribution in [3.63, 3.8) is 0 Å². The summed E-state index contributed by atoms with van der Waals surface area (Å²) in [6.07, 6.45) is 0.917. The predicted octanol–water partition coefficient (Wildman–Crippen LogP) is 2.71. The van der Waals surface area contributed by atoms with Gasteiger partial charge in [-0.05, 0) is 42.3 Å². The molecule has 1 aliphatic rings. The van der Waals surface area contributed by atoms with Crippen molar-refractivity contribution in [2.75, 3.05) is 20.2 Å². The number of carbonyl (C=O) groups excluding carboxylic acids is 1. The lowest BCUT2D eigenvalue weighted by atomic mass is 9.95. The Hall–Kier alpha value is -1.64. The lowest BCUT2D eigenvalue weighted by Gasteiger charge is -2.27. The van der Waals surface area contributed by atoms with Gasteiger partial charge in [-0.2, -0.15) is 0 Å². The fraction of sp³-hybridized carbons (Fsp3) is 0.278. The molecule has 0 fully saturated rings. The van der Waals surface area contributed by atoms with Crippen LogP contribution in [-0.4, -0.2) is 34.6 Å². The fourth-order valence-electron chi connectivity index (χ4n) is 3.01. The minimum atomic E-state index is -3.82. The lowest BCUT2D eigenvalue weighted by Crippen LogP contribution is -2.38. The molecule has 1 heterocycles. The van der Waals surface area contributed by atoms with E-state index in [9.17, 15) is 13.2 Å². The Labute approximate surface area is 169 Å². The van der Waals surface area contributed by atoms with E-state index in [1.54, 1.807) is 0 Å². The number of hydrogen-bond donors (Lipinski definition) is 2. The number of hydrogen-bond acceptors (Lipinski definition) is 5. The molecule has 0 saturated heterocycles. The third-order valence-corrected chi connectivity index (χ3v) is 6.24. The van der Waals surface area contributed by atoms with Gasteiger partial charge in [-0.3, -0.25) is 0 Å². The van der Waals surface area contributed by atoms with Gasteiger partial charge in [-0.1, -0.05) is 35.9 Å². The number of esters is 1. The Morgan fingerprint density at radius 3 is 2.74 bits per heavy atom. The largest absolute Gasteiger partial charge is 0.465 e. The molecular weight excluding hydrogens is 411 g/mol. The van der Waals surface area contributed by atoms with E-state index in [1.807, 2.05) is 18.2 Å². The quantitative estimate of drug-likeness (QED) is 0.712. The molecule has 0 radical (unpaired) electrons. The van der Waals surface area contributed by atoms with Crippen molar-refractivity contribution in [2.24, 2.45) is 0 Å². The number of methoxy groups -OCH3 is 1. The second-order valence-electron chi connectivity index (χ2n) is 5.94. The average molecular weight is 431 g/mol. The second kappa shape index (κ2) is 9.03. The Bertz CT molecular complexity index is 935. The smallest absolute Gasteiger partial charge is 0.337 e. The van der Waals surface area contributed by atoms with Crippen molar-refractivity contribution in [3.8, 4) is 0 Å². The Morgan fingerprint density at radius 1 is 1.30 bits per heavy atom. The molecule has 0 aliphatic carbocycles. The van der Waals surface area contributed by atoms with Crippen LogP contribution in [0, 0.1) is 0 Å². The van der Waals surface area contributed by atoms with Crippen LogP contribution in [0.2, 0.25) is 5.02 Å². The van der Waals surface area contributed by atoms with Crippen LogP contribution in [0.25, 0.3) is 0 Å². The van der Waals surface area contributed by atoms with E-state index in [0.29, 0.717) is 0 Å². The Morgan fingerprint density at radius 2 is 2.04 bits per heavy atom. The summed E-state index contributed by atoms with van der Waals surface area (Å²) in [6.45, 7) is 0.992. The summed E-state index contributed by atoms with van der Waals surface area (Å²) in [5.41, 5.74) is 2.50. The van der Waals surface area contributed by atoms with Crippen molar-refractivity contribution >= 4 is 40.0 Å². The topological polar surface area (TPSA) is 84.5 Å². The molecule has 146 valence electrons. The second-order valence-corrected chi connectivity index (χ2v) is 8.09. The van der Waals surface area contributed by atoms with Gasteiger partial charge < -0.3 is 10.1 Å². The standard InChI is InChI=1S/C18H19ClN2O4S.ClH/c1-25-18(22)13-6-7-17(15(19)10-13)26(23,24)21-11-16-14-5-3-2-4-12(14)8-9-20-16;/h2-7,10,16,20-21H,8-9,11H2,1H3;1H. The number of rotatable bonds is 5. The number of nitrogens with one attached hydrogen (secondary N) is 2. The summed E-state index contributed by atoms with van der Waals surface area (Å²) in [5, 5.41) is 3.29. The average Bonchev–Trinajstić information content (AvgIpc) is 2.65. The van der Waals surface area contributed by atoms with Crippen LogP contribution in [-0.2, 0) is 21.2 Å². The molecule has 0 spiro atoms. The van der Waals surface area contributed by atoms with Crippen LogP contribution in [0.1, 0.15) is 27.5 Å². The number of sulfonamides is 1. The summed E-state index contributed by atoms with van der Waals surface area (Å²) in [5.74, 6) is -0.577. The first kappa shape index (κ1) is 21.7. The van der Waals surface area contributed by atoms with E-state index >= 15 is 0 Å². The zero-order valence-corrected chi connectivity index (χ0v) is 17.0. The minimum Gasteiger partial charge on any atom is -0.465 e. The lowest BCUT2D eigenvalue weighted by molar-refractivity contribution is 0.0600. The van der Waals surface area contributed by atoms with E-state index in [-0.39, 0.29) is 40.5 Å². The highest BCUT2D eigenvalue weighted by atomic mass is 35.5. The van der Waals surface area contributed by atoms with E-state index in [0.717, 1.165) is 18.5 Å². The summed E-state index contributed by atoms with van der Waals surface area (Å²) in [6, 6.07) is 11.8.